The lowest BCUT2D eigenvalue weighted by molar-refractivity contribution is -0.131. The quantitative estimate of drug-likeness (QED) is 0.795. The van der Waals surface area contributed by atoms with Gasteiger partial charge in [0.15, 0.2) is 0 Å². The number of amides is 1. The van der Waals surface area contributed by atoms with Crippen LogP contribution in [0.25, 0.3) is 0 Å². The van der Waals surface area contributed by atoms with Gasteiger partial charge in [0.1, 0.15) is 0 Å². The zero-order chi connectivity index (χ0) is 13.5. The van der Waals surface area contributed by atoms with Crippen LogP contribution in [0.3, 0.4) is 0 Å². The van der Waals surface area contributed by atoms with Gasteiger partial charge in [0.2, 0.25) is 5.91 Å². The average molecular weight is 260 g/mol. The molecule has 0 radical (unpaired) electrons. The molecule has 1 N–H and O–H groups in total. The van der Waals surface area contributed by atoms with Gasteiger partial charge in [-0.1, -0.05) is 37.3 Å². The van der Waals surface area contributed by atoms with Crippen LogP contribution in [0.1, 0.15) is 31.7 Å². The van der Waals surface area contributed by atoms with Crippen molar-refractivity contribution in [3.05, 3.63) is 35.9 Å². The van der Waals surface area contributed by atoms with Crippen LogP contribution in [-0.4, -0.2) is 36.5 Å². The van der Waals surface area contributed by atoms with Gasteiger partial charge in [0, 0.05) is 12.6 Å². The van der Waals surface area contributed by atoms with E-state index in [4.69, 9.17) is 0 Å². The lowest BCUT2D eigenvalue weighted by Gasteiger charge is -2.25. The largest absolute Gasteiger partial charge is 0.338 e. The Morgan fingerprint density at radius 2 is 2.16 bits per heavy atom. The molecule has 0 saturated carbocycles. The molecule has 1 aliphatic rings. The van der Waals surface area contributed by atoms with Gasteiger partial charge in [-0.15, -0.1) is 0 Å². The number of likely N-dealkylation sites (tertiary alicyclic amines) is 1. The van der Waals surface area contributed by atoms with Crippen LogP contribution in [-0.2, 0) is 11.2 Å². The minimum atomic E-state index is 0.256. The Morgan fingerprint density at radius 1 is 1.37 bits per heavy atom. The number of rotatable bonds is 6. The van der Waals surface area contributed by atoms with Crippen LogP contribution in [0.4, 0.5) is 0 Å². The maximum absolute atomic E-state index is 12.2. The molecular formula is C16H24N2O. The molecule has 1 amide bonds. The third kappa shape index (κ3) is 4.06. The van der Waals surface area contributed by atoms with Crippen LogP contribution in [0.2, 0.25) is 0 Å². The van der Waals surface area contributed by atoms with Crippen LogP contribution in [0.5, 0.6) is 0 Å². The fourth-order valence-electron chi connectivity index (χ4n) is 2.74. The second kappa shape index (κ2) is 7.29. The fourth-order valence-corrected chi connectivity index (χ4v) is 2.74. The van der Waals surface area contributed by atoms with Crippen molar-refractivity contribution in [3.63, 3.8) is 0 Å². The number of nitrogens with one attached hydrogen (secondary N) is 1. The lowest BCUT2D eigenvalue weighted by Crippen LogP contribution is -2.42. The molecule has 3 heteroatoms. The van der Waals surface area contributed by atoms with E-state index in [1.807, 2.05) is 6.07 Å². The first kappa shape index (κ1) is 14.1. The van der Waals surface area contributed by atoms with E-state index in [1.165, 1.54) is 5.56 Å². The van der Waals surface area contributed by atoms with Crippen molar-refractivity contribution in [2.75, 3.05) is 19.6 Å². The van der Waals surface area contributed by atoms with E-state index >= 15 is 0 Å². The molecule has 3 nitrogen and oxygen atoms in total. The van der Waals surface area contributed by atoms with E-state index in [0.29, 0.717) is 12.6 Å². The summed E-state index contributed by atoms with van der Waals surface area (Å²) in [5.41, 5.74) is 1.33. The molecular weight excluding hydrogens is 236 g/mol. The lowest BCUT2D eigenvalue weighted by atomic mass is 10.0. The molecule has 2 rings (SSSR count). The van der Waals surface area contributed by atoms with Crippen molar-refractivity contribution in [2.45, 2.75) is 38.6 Å². The molecule has 1 fully saturated rings. The van der Waals surface area contributed by atoms with Crippen LogP contribution in [0.15, 0.2) is 30.3 Å². The Labute approximate surface area is 116 Å². The van der Waals surface area contributed by atoms with Crippen molar-refractivity contribution in [1.82, 2.24) is 10.2 Å². The summed E-state index contributed by atoms with van der Waals surface area (Å²) in [4.78, 5) is 14.2. The van der Waals surface area contributed by atoms with E-state index in [-0.39, 0.29) is 5.91 Å². The van der Waals surface area contributed by atoms with Gasteiger partial charge in [-0.3, -0.25) is 4.79 Å². The van der Waals surface area contributed by atoms with E-state index in [1.54, 1.807) is 0 Å². The van der Waals surface area contributed by atoms with E-state index in [9.17, 15) is 4.79 Å². The number of carbonyl (C=O) groups is 1. The fraction of sp³-hybridized carbons (Fsp3) is 0.562. The van der Waals surface area contributed by atoms with Gasteiger partial charge in [-0.25, -0.2) is 0 Å². The predicted molar refractivity (Wildman–Crippen MR) is 78.0 cm³/mol. The molecule has 1 atom stereocenters. The average Bonchev–Trinajstić information content (AvgIpc) is 2.88. The van der Waals surface area contributed by atoms with Gasteiger partial charge in [-0.05, 0) is 37.8 Å². The first-order chi connectivity index (χ1) is 9.31. The summed E-state index contributed by atoms with van der Waals surface area (Å²) in [5, 5.41) is 3.20. The predicted octanol–water partition coefficient (Wildman–Crippen LogP) is 2.22. The van der Waals surface area contributed by atoms with Crippen molar-refractivity contribution in [2.24, 2.45) is 0 Å². The molecule has 0 spiro atoms. The first-order valence-electron chi connectivity index (χ1n) is 7.35. The van der Waals surface area contributed by atoms with E-state index in [2.05, 4.69) is 41.4 Å². The summed E-state index contributed by atoms with van der Waals surface area (Å²) in [7, 11) is 0. The molecule has 1 aromatic carbocycles. The molecule has 1 aromatic rings. The Bertz CT molecular complexity index is 391. The van der Waals surface area contributed by atoms with Gasteiger partial charge in [-0.2, -0.15) is 0 Å². The summed E-state index contributed by atoms with van der Waals surface area (Å²) in [6, 6.07) is 10.9. The normalized spacial score (nSPS) is 18.8. The molecule has 1 saturated heterocycles. The highest BCUT2D eigenvalue weighted by atomic mass is 16.2. The minimum absolute atomic E-state index is 0.256. The molecule has 19 heavy (non-hydrogen) atoms. The Morgan fingerprint density at radius 3 is 2.89 bits per heavy atom. The number of benzene rings is 1. The van der Waals surface area contributed by atoms with Gasteiger partial charge in [0.05, 0.1) is 6.54 Å². The zero-order valence-corrected chi connectivity index (χ0v) is 11.8. The maximum atomic E-state index is 12.2. The first-order valence-corrected chi connectivity index (χ1v) is 7.35. The topological polar surface area (TPSA) is 32.3 Å². The van der Waals surface area contributed by atoms with Crippen molar-refractivity contribution in [3.8, 4) is 0 Å². The zero-order valence-electron chi connectivity index (χ0n) is 11.8. The number of nitrogens with zero attached hydrogens (tertiary/aromatic N) is 1. The van der Waals surface area contributed by atoms with Gasteiger partial charge in [0.25, 0.3) is 0 Å². The summed E-state index contributed by atoms with van der Waals surface area (Å²) in [5.74, 6) is 0.256. The highest BCUT2D eigenvalue weighted by Gasteiger charge is 2.28. The van der Waals surface area contributed by atoms with Gasteiger partial charge >= 0.3 is 0 Å². The number of carbonyl (C=O) groups excluding carboxylic acids is 1. The third-order valence-corrected chi connectivity index (χ3v) is 3.71. The standard InChI is InChI=1S/C16H24N2O/c1-2-10-17-13-16(19)18-11-6-9-15(18)12-14-7-4-3-5-8-14/h3-5,7-8,15,17H,2,6,9-13H2,1H3. The van der Waals surface area contributed by atoms with Crippen LogP contribution >= 0.6 is 0 Å². The summed E-state index contributed by atoms with van der Waals surface area (Å²) < 4.78 is 0. The monoisotopic (exact) mass is 260 g/mol. The Balaban J connectivity index is 1.88. The smallest absolute Gasteiger partial charge is 0.236 e. The minimum Gasteiger partial charge on any atom is -0.338 e. The molecule has 1 aliphatic heterocycles. The molecule has 104 valence electrons. The highest BCUT2D eigenvalue weighted by molar-refractivity contribution is 5.78. The van der Waals surface area contributed by atoms with E-state index < -0.39 is 0 Å². The summed E-state index contributed by atoms with van der Waals surface area (Å²) >= 11 is 0. The second-order valence-corrected chi connectivity index (χ2v) is 5.25. The third-order valence-electron chi connectivity index (χ3n) is 3.71. The molecule has 1 unspecified atom stereocenters. The Kier molecular flexibility index (Phi) is 5.40. The molecule has 1 heterocycles. The molecule has 0 bridgehead atoms. The Hall–Kier alpha value is -1.35. The highest BCUT2D eigenvalue weighted by Crippen LogP contribution is 2.21. The molecule has 0 aromatic heterocycles. The van der Waals surface area contributed by atoms with Crippen molar-refractivity contribution < 1.29 is 4.79 Å². The summed E-state index contributed by atoms with van der Waals surface area (Å²) in [6.45, 7) is 4.44. The van der Waals surface area contributed by atoms with Crippen molar-refractivity contribution in [1.29, 1.82) is 0 Å². The van der Waals surface area contributed by atoms with E-state index in [0.717, 1.165) is 38.8 Å². The maximum Gasteiger partial charge on any atom is 0.236 e. The van der Waals surface area contributed by atoms with Gasteiger partial charge < -0.3 is 10.2 Å². The SMILES string of the molecule is CCCNCC(=O)N1CCCC1Cc1ccccc1. The number of hydrogen-bond acceptors (Lipinski definition) is 2. The second-order valence-electron chi connectivity index (χ2n) is 5.25. The number of hydrogen-bond donors (Lipinski definition) is 1. The summed E-state index contributed by atoms with van der Waals surface area (Å²) in [6.07, 6.45) is 4.33. The molecule has 0 aliphatic carbocycles. The van der Waals surface area contributed by atoms with Crippen LogP contribution in [0, 0.1) is 0 Å². The van der Waals surface area contributed by atoms with Crippen LogP contribution < -0.4 is 5.32 Å². The van der Waals surface area contributed by atoms with Crippen molar-refractivity contribution >= 4 is 5.91 Å².